The van der Waals surface area contributed by atoms with Crippen LogP contribution in [0.1, 0.15) is 104 Å². The number of carboxylic acids is 1. The molecule has 486 valence electrons. The van der Waals surface area contributed by atoms with Crippen LogP contribution < -0.4 is 48.3 Å². The van der Waals surface area contributed by atoms with E-state index in [0.717, 1.165) is 11.8 Å². The van der Waals surface area contributed by atoms with Gasteiger partial charge < -0.3 is 108 Å². The van der Waals surface area contributed by atoms with Crippen LogP contribution >= 0.6 is 0 Å². The van der Waals surface area contributed by atoms with Crippen LogP contribution in [0, 0.1) is 23.7 Å². The van der Waals surface area contributed by atoms with E-state index in [9.17, 15) is 83.7 Å². The number of nitrogens with zero attached hydrogens (tertiary/aromatic N) is 1. The SMILES string of the molecule is CC(=O)N[C@H]1[C@@H](O[C@H](C)[C@H](N)C(=O)N[C@H](C(=O)N2[C@H](C(=O)N[C@@H](C)C(=O)N[C@@H](C)C(=O)N[C@H](C(=O)N[C@H](C(=O)N[C@H](C(=O)N[C@@H](C)C(=O)O)C(C)C)C(C)C)C(C)C)COC2(C)C)C(C)C)O[C@H](CO)[C@H](O)[C@@H]1O[C@@H]1O[C@H](CO)[C@H](O)[C@H](O)[C@H]1O. The fourth-order valence-electron chi connectivity index (χ4n) is 9.42. The standard InChI is InChI=1S/C53H92N10O22/c1-19(2)32(46(75)57-25(11)50(79)80)60-48(77)34(21(5)6)61-47(76)33(20(3)4)59-43(72)24(10)55-42(71)23(9)56-44(73)28-18-81-53(14,15)63(28)49(78)35(22(7)8)62-45(74)31(54)26(12)82-51-36(58-27(13)66)41(38(68)30(17-65)83-51)85-52-40(70)39(69)37(67)29(16-64)84-52/h19-26,28-41,51-52,64-65,67-70H,16-18,54H2,1-15H3,(H,55,71)(H,56,73)(H,57,75)(H,58,66)(H,59,72)(H,60,77)(H,61,76)(H,62,74)(H,79,80)/t23-,24-,25-,26+,28-,29+,30+,31-,32-,33-,34-,35-,36+,37-,38-,39-,40+,41+,51-,52-/m0/s1. The van der Waals surface area contributed by atoms with E-state index >= 15 is 0 Å². The third-order valence-electron chi connectivity index (χ3n) is 14.8. The molecule has 3 fully saturated rings. The van der Waals surface area contributed by atoms with Crippen LogP contribution in [-0.2, 0) is 71.6 Å². The molecule has 3 saturated heterocycles. The number of rotatable bonds is 28. The van der Waals surface area contributed by atoms with Crippen LogP contribution in [0.4, 0.5) is 0 Å². The first-order valence-electron chi connectivity index (χ1n) is 28.2. The van der Waals surface area contributed by atoms with Gasteiger partial charge >= 0.3 is 5.97 Å². The molecular weight excluding hydrogens is 1130 g/mol. The van der Waals surface area contributed by atoms with Crippen molar-refractivity contribution in [3.05, 3.63) is 0 Å². The zero-order chi connectivity index (χ0) is 65.0. The van der Waals surface area contributed by atoms with E-state index < -0.39 is 224 Å². The highest BCUT2D eigenvalue weighted by atomic mass is 16.7. The summed E-state index contributed by atoms with van der Waals surface area (Å²) < 4.78 is 29.0. The molecule has 0 bridgehead atoms. The summed E-state index contributed by atoms with van der Waals surface area (Å²) in [7, 11) is 0. The van der Waals surface area contributed by atoms with Crippen LogP contribution in [0.15, 0.2) is 0 Å². The highest BCUT2D eigenvalue weighted by Crippen LogP contribution is 2.32. The number of carbonyl (C=O) groups excluding carboxylic acids is 9. The first-order valence-corrected chi connectivity index (χ1v) is 28.2. The molecular formula is C53H92N10O22. The second-order valence-electron chi connectivity index (χ2n) is 23.5. The molecule has 3 rings (SSSR count). The molecule has 17 N–H and O–H groups in total. The van der Waals surface area contributed by atoms with E-state index in [1.54, 1.807) is 55.4 Å². The van der Waals surface area contributed by atoms with Crippen LogP contribution in [0.25, 0.3) is 0 Å². The molecule has 3 aliphatic rings. The molecule has 32 nitrogen and oxygen atoms in total. The molecule has 0 unspecified atom stereocenters. The molecule has 20 atom stereocenters. The number of aliphatic hydroxyl groups excluding tert-OH is 6. The summed E-state index contributed by atoms with van der Waals surface area (Å²) in [5.74, 6) is -10.8. The Balaban J connectivity index is 1.72. The minimum atomic E-state index is -1.94. The van der Waals surface area contributed by atoms with Crippen molar-refractivity contribution in [3.63, 3.8) is 0 Å². The van der Waals surface area contributed by atoms with Crippen LogP contribution in [0.5, 0.6) is 0 Å². The fourth-order valence-corrected chi connectivity index (χ4v) is 9.42. The van der Waals surface area contributed by atoms with Crippen molar-refractivity contribution in [3.8, 4) is 0 Å². The molecule has 0 spiro atoms. The smallest absolute Gasteiger partial charge is 0.325 e. The summed E-state index contributed by atoms with van der Waals surface area (Å²) in [5, 5.41) is 91.9. The van der Waals surface area contributed by atoms with E-state index in [2.05, 4.69) is 42.5 Å². The van der Waals surface area contributed by atoms with Gasteiger partial charge in [0.15, 0.2) is 12.6 Å². The van der Waals surface area contributed by atoms with Crippen molar-refractivity contribution in [1.29, 1.82) is 0 Å². The predicted molar refractivity (Wildman–Crippen MR) is 295 cm³/mol. The molecule has 3 heterocycles. The minimum Gasteiger partial charge on any atom is -0.480 e. The number of carbonyl (C=O) groups is 10. The Hall–Kier alpha value is -5.78. The Morgan fingerprint density at radius 1 is 0.565 bits per heavy atom. The number of aliphatic carboxylic acids is 1. The van der Waals surface area contributed by atoms with Crippen LogP contribution in [0.2, 0.25) is 0 Å². The van der Waals surface area contributed by atoms with Gasteiger partial charge in [0, 0.05) is 6.92 Å². The predicted octanol–water partition coefficient (Wildman–Crippen LogP) is -6.39. The zero-order valence-electron chi connectivity index (χ0n) is 50.8. The van der Waals surface area contributed by atoms with Gasteiger partial charge in [0.25, 0.3) is 0 Å². The van der Waals surface area contributed by atoms with Crippen LogP contribution in [-0.4, -0.2) is 247 Å². The second-order valence-corrected chi connectivity index (χ2v) is 23.5. The Kier molecular flexibility index (Phi) is 27.4. The maximum atomic E-state index is 14.6. The normalized spacial score (nSPS) is 28.1. The monoisotopic (exact) mass is 1220 g/mol. The molecule has 32 heteroatoms. The molecule has 0 saturated carbocycles. The number of carboxylic acid groups (broad SMARTS) is 1. The summed E-state index contributed by atoms with van der Waals surface area (Å²) in [6.45, 7) is 20.3. The number of amides is 9. The van der Waals surface area contributed by atoms with Crippen molar-refractivity contribution >= 4 is 59.1 Å². The van der Waals surface area contributed by atoms with Crippen molar-refractivity contribution in [2.45, 2.75) is 231 Å². The van der Waals surface area contributed by atoms with Gasteiger partial charge in [-0.1, -0.05) is 55.4 Å². The van der Waals surface area contributed by atoms with E-state index in [-0.39, 0.29) is 6.61 Å². The Morgan fingerprint density at radius 2 is 0.988 bits per heavy atom. The Labute approximate surface area is 493 Å². The first kappa shape index (κ1) is 73.5. The highest BCUT2D eigenvalue weighted by Gasteiger charge is 2.54. The van der Waals surface area contributed by atoms with E-state index in [1.807, 2.05) is 0 Å². The van der Waals surface area contributed by atoms with Gasteiger partial charge in [-0.05, 0) is 65.2 Å². The number of nitrogens with one attached hydrogen (secondary N) is 8. The van der Waals surface area contributed by atoms with Gasteiger partial charge in [0.2, 0.25) is 53.2 Å². The number of nitrogens with two attached hydrogens (primary N) is 1. The fraction of sp³-hybridized carbons (Fsp3) is 0.811. The molecule has 85 heavy (non-hydrogen) atoms. The molecule has 0 aliphatic carbocycles. The van der Waals surface area contributed by atoms with Gasteiger partial charge in [-0.2, -0.15) is 0 Å². The van der Waals surface area contributed by atoms with Gasteiger partial charge in [0.05, 0.1) is 25.9 Å². The number of hydrogen-bond donors (Lipinski definition) is 16. The Morgan fingerprint density at radius 3 is 1.46 bits per heavy atom. The average molecular weight is 1220 g/mol. The lowest BCUT2D eigenvalue weighted by Crippen LogP contribution is -2.68. The third kappa shape index (κ3) is 19.1. The molecule has 0 aromatic rings. The maximum Gasteiger partial charge on any atom is 0.325 e. The quantitative estimate of drug-likeness (QED) is 0.0346. The lowest BCUT2D eigenvalue weighted by molar-refractivity contribution is -0.347. The molecule has 0 aromatic heterocycles. The molecule has 9 amide bonds. The number of hydrogen-bond acceptors (Lipinski definition) is 22. The molecule has 0 aromatic carbocycles. The topological polar surface area (TPSA) is 484 Å². The van der Waals surface area contributed by atoms with Gasteiger partial charge in [-0.3, -0.25) is 52.8 Å². The largest absolute Gasteiger partial charge is 0.480 e. The summed E-state index contributed by atoms with van der Waals surface area (Å²) >= 11 is 0. The van der Waals surface area contributed by atoms with Crippen molar-refractivity contribution < 1.29 is 107 Å². The Bertz CT molecular complexity index is 2350. The summed E-state index contributed by atoms with van der Waals surface area (Å²) in [6.07, 6.45) is -16.8. The average Bonchev–Trinajstić information content (AvgIpc) is 2.08. The van der Waals surface area contributed by atoms with Crippen molar-refractivity contribution in [2.75, 3.05) is 19.8 Å². The first-order chi connectivity index (χ1) is 39.3. The summed E-state index contributed by atoms with van der Waals surface area (Å²) in [4.78, 5) is 135. The van der Waals surface area contributed by atoms with Crippen molar-refractivity contribution in [1.82, 2.24) is 47.4 Å². The summed E-state index contributed by atoms with van der Waals surface area (Å²) in [6, 6.07) is -13.4. The van der Waals surface area contributed by atoms with E-state index in [1.165, 1.54) is 41.5 Å². The molecule has 0 radical (unpaired) electrons. The lowest BCUT2D eigenvalue weighted by atomic mass is 9.95. The van der Waals surface area contributed by atoms with Gasteiger partial charge in [0.1, 0.15) is 109 Å². The van der Waals surface area contributed by atoms with E-state index in [4.69, 9.17) is 29.4 Å². The van der Waals surface area contributed by atoms with E-state index in [0.29, 0.717) is 0 Å². The van der Waals surface area contributed by atoms with Crippen molar-refractivity contribution in [2.24, 2.45) is 29.4 Å². The maximum absolute atomic E-state index is 14.6. The molecule has 3 aliphatic heterocycles. The highest BCUT2D eigenvalue weighted by molar-refractivity contribution is 5.98. The lowest BCUT2D eigenvalue weighted by Gasteiger charge is -2.48. The van der Waals surface area contributed by atoms with Crippen LogP contribution in [0.3, 0.4) is 0 Å². The second kappa shape index (κ2) is 31.7. The zero-order valence-corrected chi connectivity index (χ0v) is 50.8. The summed E-state index contributed by atoms with van der Waals surface area (Å²) in [5.41, 5.74) is 4.94. The minimum absolute atomic E-state index is 0.361. The number of aliphatic hydroxyl groups is 6. The number of ether oxygens (including phenoxy) is 5. The third-order valence-corrected chi connectivity index (χ3v) is 14.8. The van der Waals surface area contributed by atoms with Gasteiger partial charge in [-0.25, -0.2) is 0 Å². The van der Waals surface area contributed by atoms with Gasteiger partial charge in [-0.15, -0.1) is 0 Å².